The standard InChI is InChI=1S/C31H28F5N5O5/c1-38-11-12-40(25(16-38)31(34,35)36)18-14-21(32)27(22(33)15-18)28(43)37-23(29(44)45)13-17-5-3-7-20-19(17)6-4-8-24(20)41-26(42)9-10-39(2)30(41)46/h3-10,14-15,23,25H,11-13,16H2,1-2H3,(H,37,43)(H,44,45)/t23-,25+/m0/s1. The predicted octanol–water partition coefficient (Wildman–Crippen LogP) is 3.08. The molecule has 1 amide bonds. The van der Waals surface area contributed by atoms with E-state index in [2.05, 4.69) is 5.32 Å². The molecule has 0 spiro atoms. The monoisotopic (exact) mass is 645 g/mol. The molecule has 1 saturated heterocycles. The van der Waals surface area contributed by atoms with E-state index in [-0.39, 0.29) is 25.2 Å². The van der Waals surface area contributed by atoms with Crippen LogP contribution in [0.2, 0.25) is 0 Å². The van der Waals surface area contributed by atoms with E-state index in [1.807, 2.05) is 0 Å². The predicted molar refractivity (Wildman–Crippen MR) is 158 cm³/mol. The molecule has 0 radical (unpaired) electrons. The zero-order chi connectivity index (χ0) is 33.5. The van der Waals surface area contributed by atoms with Crippen LogP contribution in [0.3, 0.4) is 0 Å². The summed E-state index contributed by atoms with van der Waals surface area (Å²) in [4.78, 5) is 52.8. The molecule has 0 unspecified atom stereocenters. The number of carboxylic acids is 1. The zero-order valence-electron chi connectivity index (χ0n) is 24.5. The molecule has 2 heterocycles. The highest BCUT2D eigenvalue weighted by Crippen LogP contribution is 2.33. The first kappa shape index (κ1) is 32.3. The number of likely N-dealkylation sites (N-methyl/N-ethyl adjacent to an activating group) is 1. The van der Waals surface area contributed by atoms with Gasteiger partial charge in [-0.25, -0.2) is 22.9 Å². The molecule has 0 aliphatic carbocycles. The molecule has 1 aromatic heterocycles. The van der Waals surface area contributed by atoms with Gasteiger partial charge in [-0.2, -0.15) is 13.2 Å². The second-order valence-corrected chi connectivity index (χ2v) is 11.0. The zero-order valence-corrected chi connectivity index (χ0v) is 24.5. The van der Waals surface area contributed by atoms with Crippen LogP contribution in [0, 0.1) is 11.6 Å². The number of anilines is 1. The normalized spacial score (nSPS) is 16.4. The summed E-state index contributed by atoms with van der Waals surface area (Å²) in [5, 5.41) is 12.9. The van der Waals surface area contributed by atoms with Gasteiger partial charge in [0.2, 0.25) is 0 Å². The number of carboxylic acid groups (broad SMARTS) is 1. The van der Waals surface area contributed by atoms with Crippen LogP contribution in [-0.4, -0.2) is 76.0 Å². The van der Waals surface area contributed by atoms with E-state index in [1.165, 1.54) is 35.8 Å². The van der Waals surface area contributed by atoms with Gasteiger partial charge in [-0.1, -0.05) is 30.3 Å². The van der Waals surface area contributed by atoms with Gasteiger partial charge in [0, 0.05) is 56.4 Å². The van der Waals surface area contributed by atoms with E-state index >= 15 is 8.78 Å². The van der Waals surface area contributed by atoms with Crippen molar-refractivity contribution in [1.82, 2.24) is 19.4 Å². The van der Waals surface area contributed by atoms with Crippen molar-refractivity contribution in [3.8, 4) is 5.69 Å². The number of carbonyl (C=O) groups is 2. The Kier molecular flexibility index (Phi) is 8.71. The lowest BCUT2D eigenvalue weighted by Crippen LogP contribution is -2.58. The first-order chi connectivity index (χ1) is 21.7. The fourth-order valence-corrected chi connectivity index (χ4v) is 5.62. The largest absolute Gasteiger partial charge is 0.480 e. The number of rotatable bonds is 7. The van der Waals surface area contributed by atoms with Crippen LogP contribution in [0.1, 0.15) is 15.9 Å². The molecule has 4 aromatic rings. The molecule has 1 aliphatic heterocycles. The molecule has 1 aliphatic rings. The molecule has 2 atom stereocenters. The Morgan fingerprint density at radius 1 is 0.978 bits per heavy atom. The smallest absolute Gasteiger partial charge is 0.409 e. The molecule has 15 heteroatoms. The highest BCUT2D eigenvalue weighted by molar-refractivity contribution is 5.98. The fraction of sp³-hybridized carbons (Fsp3) is 0.290. The van der Waals surface area contributed by atoms with Gasteiger partial charge >= 0.3 is 17.8 Å². The summed E-state index contributed by atoms with van der Waals surface area (Å²) in [6, 6.07) is 8.20. The number of aliphatic carboxylic acids is 1. The molecular formula is C31H28F5N5O5. The Morgan fingerprint density at radius 2 is 1.63 bits per heavy atom. The number of aryl methyl sites for hydroxylation is 1. The van der Waals surface area contributed by atoms with E-state index in [9.17, 15) is 37.5 Å². The minimum atomic E-state index is -4.69. The van der Waals surface area contributed by atoms with Crippen LogP contribution in [0.5, 0.6) is 0 Å². The molecule has 5 rings (SSSR count). The number of nitrogens with one attached hydrogen (secondary N) is 1. The molecule has 2 N–H and O–H groups in total. The average molecular weight is 646 g/mol. The van der Waals surface area contributed by atoms with Crippen molar-refractivity contribution in [2.24, 2.45) is 7.05 Å². The maximum Gasteiger partial charge on any atom is 0.409 e. The summed E-state index contributed by atoms with van der Waals surface area (Å²) in [6.07, 6.45) is -3.73. The van der Waals surface area contributed by atoms with Crippen molar-refractivity contribution >= 4 is 28.3 Å². The minimum absolute atomic E-state index is 0.174. The molecule has 3 aromatic carbocycles. The second-order valence-electron chi connectivity index (χ2n) is 11.0. The number of carbonyl (C=O) groups excluding carboxylic acids is 1. The number of fused-ring (bicyclic) bond motifs is 1. The van der Waals surface area contributed by atoms with Crippen molar-refractivity contribution in [3.63, 3.8) is 0 Å². The Balaban J connectivity index is 1.44. The van der Waals surface area contributed by atoms with Crippen molar-refractivity contribution < 1.29 is 36.6 Å². The third kappa shape index (κ3) is 6.22. The van der Waals surface area contributed by atoms with E-state index in [4.69, 9.17) is 0 Å². The van der Waals surface area contributed by atoms with Gasteiger partial charge in [0.25, 0.3) is 11.5 Å². The molecule has 46 heavy (non-hydrogen) atoms. The summed E-state index contributed by atoms with van der Waals surface area (Å²) in [5.74, 6) is -5.86. The van der Waals surface area contributed by atoms with E-state index in [0.29, 0.717) is 28.5 Å². The molecule has 0 saturated carbocycles. The van der Waals surface area contributed by atoms with Crippen LogP contribution < -0.4 is 21.5 Å². The van der Waals surface area contributed by atoms with Crippen LogP contribution in [0.4, 0.5) is 27.6 Å². The van der Waals surface area contributed by atoms with Crippen molar-refractivity contribution in [2.75, 3.05) is 31.6 Å². The summed E-state index contributed by atoms with van der Waals surface area (Å²) in [5.41, 5.74) is -2.15. The topological polar surface area (TPSA) is 117 Å². The Morgan fingerprint density at radius 3 is 2.28 bits per heavy atom. The number of hydrogen-bond acceptors (Lipinski definition) is 6. The SMILES string of the molecule is CN1CCN(c2cc(F)c(C(=O)N[C@@H](Cc3cccc4c(-n5c(=O)ccn(C)c5=O)cccc34)C(=O)O)c(F)c2)[C@@H](C(F)(F)F)C1. The number of nitrogens with zero attached hydrogens (tertiary/aromatic N) is 4. The van der Waals surface area contributed by atoms with Crippen LogP contribution >= 0.6 is 0 Å². The summed E-state index contributed by atoms with van der Waals surface area (Å²) >= 11 is 0. The lowest BCUT2D eigenvalue weighted by atomic mass is 9.97. The number of benzene rings is 3. The van der Waals surface area contributed by atoms with Crippen LogP contribution in [-0.2, 0) is 18.3 Å². The van der Waals surface area contributed by atoms with Gasteiger partial charge in [-0.3, -0.25) is 9.59 Å². The first-order valence-corrected chi connectivity index (χ1v) is 14.0. The lowest BCUT2D eigenvalue weighted by molar-refractivity contribution is -0.155. The Labute approximate surface area is 257 Å². The minimum Gasteiger partial charge on any atom is -0.480 e. The summed E-state index contributed by atoms with van der Waals surface area (Å²) < 4.78 is 73.7. The van der Waals surface area contributed by atoms with Crippen molar-refractivity contribution in [3.05, 3.63) is 104 Å². The second kappa shape index (κ2) is 12.4. The molecule has 10 nitrogen and oxygen atoms in total. The van der Waals surface area contributed by atoms with Crippen molar-refractivity contribution in [1.29, 1.82) is 0 Å². The highest BCUT2D eigenvalue weighted by Gasteiger charge is 2.46. The van der Waals surface area contributed by atoms with Crippen LogP contribution in [0.25, 0.3) is 16.5 Å². The van der Waals surface area contributed by atoms with Gasteiger partial charge in [-0.05, 0) is 36.2 Å². The number of aromatic nitrogens is 2. The van der Waals surface area contributed by atoms with E-state index < -0.39 is 70.8 Å². The van der Waals surface area contributed by atoms with Gasteiger partial charge in [0.05, 0.1) is 5.69 Å². The Bertz CT molecular complexity index is 1930. The maximum absolute atomic E-state index is 15.2. The van der Waals surface area contributed by atoms with E-state index in [1.54, 1.807) is 36.4 Å². The number of piperazine rings is 1. The van der Waals surface area contributed by atoms with Gasteiger partial charge in [0.15, 0.2) is 0 Å². The Hall–Kier alpha value is -5.05. The summed E-state index contributed by atoms with van der Waals surface area (Å²) in [6.45, 7) is -0.400. The van der Waals surface area contributed by atoms with Gasteiger partial charge < -0.3 is 24.8 Å². The number of halogens is 5. The quantitative estimate of drug-likeness (QED) is 0.297. The maximum atomic E-state index is 15.2. The molecular weight excluding hydrogens is 617 g/mol. The molecule has 1 fully saturated rings. The number of amides is 1. The van der Waals surface area contributed by atoms with Crippen LogP contribution in [0.15, 0.2) is 70.4 Å². The van der Waals surface area contributed by atoms with Gasteiger partial charge in [0.1, 0.15) is 29.3 Å². The van der Waals surface area contributed by atoms with Crippen molar-refractivity contribution in [2.45, 2.75) is 24.7 Å². The first-order valence-electron chi connectivity index (χ1n) is 14.0. The lowest BCUT2D eigenvalue weighted by Gasteiger charge is -2.42. The average Bonchev–Trinajstić information content (AvgIpc) is 2.98. The third-order valence-corrected chi connectivity index (χ3v) is 7.96. The highest BCUT2D eigenvalue weighted by atomic mass is 19.4. The summed E-state index contributed by atoms with van der Waals surface area (Å²) in [7, 11) is 2.97. The molecule has 242 valence electrons. The fourth-order valence-electron chi connectivity index (χ4n) is 5.62. The molecule has 0 bridgehead atoms. The van der Waals surface area contributed by atoms with Gasteiger partial charge in [-0.15, -0.1) is 0 Å². The number of alkyl halides is 3. The number of hydrogen-bond donors (Lipinski definition) is 2. The van der Waals surface area contributed by atoms with E-state index in [0.717, 1.165) is 9.47 Å². The third-order valence-electron chi connectivity index (χ3n) is 7.96.